The van der Waals surface area contributed by atoms with E-state index in [9.17, 15) is 0 Å². The molecule has 0 atom stereocenters. The van der Waals surface area contributed by atoms with E-state index in [0.717, 1.165) is 5.69 Å². The Kier molecular flexibility index (Phi) is 1.08. The molecule has 1 aromatic rings. The normalized spacial score (nSPS) is 15.4. The molecule has 50 valence electrons. The molecular weight excluding hydrogens is 126 g/mol. The molecule has 0 radical (unpaired) electrons. The summed E-state index contributed by atoms with van der Waals surface area (Å²) in [6.07, 6.45) is 0.705. The van der Waals surface area contributed by atoms with Crippen LogP contribution in [0.2, 0.25) is 0 Å². The summed E-state index contributed by atoms with van der Waals surface area (Å²) in [5.74, 6) is 0.473. The van der Waals surface area contributed by atoms with Gasteiger partial charge >= 0.3 is 5.91 Å². The van der Waals surface area contributed by atoms with Gasteiger partial charge in [-0.1, -0.05) is 18.2 Å². The molecule has 2 heteroatoms. The molecule has 0 aliphatic carbocycles. The highest BCUT2D eigenvalue weighted by Crippen LogP contribution is 2.12. The zero-order valence-corrected chi connectivity index (χ0v) is 5.54. The lowest BCUT2D eigenvalue weighted by Gasteiger charge is -1.86. The van der Waals surface area contributed by atoms with Gasteiger partial charge in [0.2, 0.25) is 0 Å². The Balaban J connectivity index is 2.51. The van der Waals surface area contributed by atoms with Crippen LogP contribution in [0.1, 0.15) is 5.56 Å². The topological polar surface area (TPSA) is 38.0 Å². The molecule has 3 N–H and O–H groups in total. The Morgan fingerprint density at radius 3 is 2.90 bits per heavy atom. The summed E-state index contributed by atoms with van der Waals surface area (Å²) in [7, 11) is 0. The number of fused-ring (bicyclic) bond motifs is 1. The molecule has 0 aromatic heterocycles. The average molecular weight is 135 g/mol. The number of para-hydroxylation sites is 1. The third kappa shape index (κ3) is 0.736. The van der Waals surface area contributed by atoms with Crippen LogP contribution in [0.3, 0.4) is 0 Å². The zero-order valence-electron chi connectivity index (χ0n) is 5.54. The number of quaternary nitrogens is 1. The van der Waals surface area contributed by atoms with Crippen LogP contribution in [0.15, 0.2) is 24.3 Å². The van der Waals surface area contributed by atoms with Crippen molar-refractivity contribution >= 4 is 11.6 Å². The first-order valence-electron chi connectivity index (χ1n) is 3.34. The first-order chi connectivity index (χ1) is 4.86. The highest BCUT2D eigenvalue weighted by molar-refractivity contribution is 5.78. The average Bonchev–Trinajstić information content (AvgIpc) is 2.27. The van der Waals surface area contributed by atoms with Gasteiger partial charge in [0.15, 0.2) is 6.42 Å². The van der Waals surface area contributed by atoms with Crippen molar-refractivity contribution in [3.63, 3.8) is 0 Å². The van der Waals surface area contributed by atoms with Gasteiger partial charge in [0.25, 0.3) is 0 Å². The van der Waals surface area contributed by atoms with Crippen molar-refractivity contribution in [2.75, 3.05) is 0 Å². The van der Waals surface area contributed by atoms with Gasteiger partial charge in [-0.3, -0.25) is 0 Å². The van der Waals surface area contributed by atoms with E-state index in [-0.39, 0.29) is 0 Å². The molecule has 0 bridgehead atoms. The summed E-state index contributed by atoms with van der Waals surface area (Å²) >= 11 is 0. The quantitative estimate of drug-likeness (QED) is 0.382. The highest BCUT2D eigenvalue weighted by Gasteiger charge is 2.27. The van der Waals surface area contributed by atoms with E-state index in [2.05, 4.69) is 0 Å². The summed E-state index contributed by atoms with van der Waals surface area (Å²) in [4.78, 5) is 9.11. The van der Waals surface area contributed by atoms with Crippen LogP contribution in [0.25, 0.3) is 0 Å². The Hall–Kier alpha value is -1.15. The molecule has 0 saturated heterocycles. The molecule has 1 heterocycles. The van der Waals surface area contributed by atoms with Crippen molar-refractivity contribution < 1.29 is 10.1 Å². The fourth-order valence-corrected chi connectivity index (χ4v) is 1.26. The van der Waals surface area contributed by atoms with Gasteiger partial charge in [0, 0.05) is 5.56 Å². The lowest BCUT2D eigenvalue weighted by atomic mass is 10.2. The lowest BCUT2D eigenvalue weighted by molar-refractivity contribution is -0.447. The van der Waals surface area contributed by atoms with Gasteiger partial charge in [-0.25, -0.2) is 10.1 Å². The molecule has 0 fully saturated rings. The van der Waals surface area contributed by atoms with Crippen molar-refractivity contribution in [1.29, 1.82) is 0 Å². The van der Waals surface area contributed by atoms with E-state index in [1.54, 1.807) is 0 Å². The van der Waals surface area contributed by atoms with Crippen LogP contribution in [-0.4, -0.2) is 10.7 Å². The molecule has 1 amide bonds. The molecular formula is C8H9NO+2. The maximum absolute atomic E-state index is 9.11. The van der Waals surface area contributed by atoms with Crippen LogP contribution in [-0.2, 0) is 6.42 Å². The predicted molar refractivity (Wildman–Crippen MR) is 38.7 cm³/mol. The number of carbonyl (C=O) groups excluding carboxylic acids is 1. The first-order valence-corrected chi connectivity index (χ1v) is 3.34. The molecule has 0 spiro atoms. The van der Waals surface area contributed by atoms with E-state index in [4.69, 9.17) is 4.79 Å². The molecule has 1 aliphatic rings. The van der Waals surface area contributed by atoms with Gasteiger partial charge < -0.3 is 0 Å². The SMILES string of the molecule is [OH+]=C1Cc2ccccc2[NH2+]1. The van der Waals surface area contributed by atoms with Crippen LogP contribution in [0.5, 0.6) is 0 Å². The maximum atomic E-state index is 9.11. The minimum Gasteiger partial charge on any atom is -0.230 e. The predicted octanol–water partition coefficient (Wildman–Crippen LogP) is -0.0600. The van der Waals surface area contributed by atoms with E-state index < -0.39 is 0 Å². The van der Waals surface area contributed by atoms with Gasteiger partial charge in [0.1, 0.15) is 5.69 Å². The van der Waals surface area contributed by atoms with Crippen LogP contribution >= 0.6 is 0 Å². The molecule has 1 aromatic carbocycles. The second-order valence-corrected chi connectivity index (χ2v) is 2.51. The maximum Gasteiger partial charge on any atom is 0.487 e. The third-order valence-electron chi connectivity index (χ3n) is 1.75. The molecule has 10 heavy (non-hydrogen) atoms. The van der Waals surface area contributed by atoms with Crippen LogP contribution in [0.4, 0.5) is 5.69 Å². The third-order valence-corrected chi connectivity index (χ3v) is 1.75. The number of rotatable bonds is 0. The number of hydrogen-bond donors (Lipinski definition) is 1. The van der Waals surface area contributed by atoms with Gasteiger partial charge in [-0.05, 0) is 6.07 Å². The molecule has 2 rings (SSSR count). The lowest BCUT2D eigenvalue weighted by Crippen LogP contribution is -2.80. The number of hydrogen-bond acceptors (Lipinski definition) is 0. The van der Waals surface area contributed by atoms with Crippen molar-refractivity contribution in [3.8, 4) is 0 Å². The fourth-order valence-electron chi connectivity index (χ4n) is 1.26. The standard InChI is InChI=1S/C8H7NO/c10-8-5-6-3-1-2-4-7(6)9-8/h1-4H,5H2,(H,9,10)/p+2. The Labute approximate surface area is 58.9 Å². The highest BCUT2D eigenvalue weighted by atomic mass is 16.1. The largest absolute Gasteiger partial charge is 0.487 e. The minimum absolute atomic E-state index is 0.473. The molecule has 1 aliphatic heterocycles. The minimum atomic E-state index is 0.473. The Morgan fingerprint density at radius 2 is 2.10 bits per heavy atom. The Bertz CT molecular complexity index is 253. The van der Waals surface area contributed by atoms with Crippen molar-refractivity contribution in [2.45, 2.75) is 6.42 Å². The monoisotopic (exact) mass is 135 g/mol. The second kappa shape index (κ2) is 1.92. The fraction of sp³-hybridized carbons (Fsp3) is 0.125. The summed E-state index contributed by atoms with van der Waals surface area (Å²) in [6.45, 7) is 0. The van der Waals surface area contributed by atoms with E-state index in [1.807, 2.05) is 29.6 Å². The van der Waals surface area contributed by atoms with Crippen LogP contribution < -0.4 is 5.32 Å². The summed E-state index contributed by atoms with van der Waals surface area (Å²) in [5.41, 5.74) is 2.38. The molecule has 2 nitrogen and oxygen atoms in total. The van der Waals surface area contributed by atoms with Gasteiger partial charge in [0.05, 0.1) is 0 Å². The van der Waals surface area contributed by atoms with E-state index in [0.29, 0.717) is 12.3 Å². The van der Waals surface area contributed by atoms with E-state index in [1.165, 1.54) is 5.56 Å². The van der Waals surface area contributed by atoms with Crippen molar-refractivity contribution in [3.05, 3.63) is 29.8 Å². The smallest absolute Gasteiger partial charge is 0.230 e. The number of benzene rings is 1. The summed E-state index contributed by atoms with van der Waals surface area (Å²) in [5, 5.41) is 1.81. The van der Waals surface area contributed by atoms with E-state index >= 15 is 0 Å². The van der Waals surface area contributed by atoms with Crippen molar-refractivity contribution in [1.82, 2.24) is 0 Å². The molecule has 0 unspecified atom stereocenters. The zero-order chi connectivity index (χ0) is 6.97. The molecule has 0 saturated carbocycles. The number of primary amides is 1. The second-order valence-electron chi connectivity index (χ2n) is 2.51. The van der Waals surface area contributed by atoms with Crippen molar-refractivity contribution in [2.24, 2.45) is 0 Å². The summed E-state index contributed by atoms with van der Waals surface area (Å²) in [6, 6.07) is 8.02. The number of amides is 1. The Morgan fingerprint density at radius 1 is 1.30 bits per heavy atom. The first kappa shape index (κ1) is 5.62. The van der Waals surface area contributed by atoms with Gasteiger partial charge in [-0.2, -0.15) is 0 Å². The summed E-state index contributed by atoms with van der Waals surface area (Å²) < 4.78 is 0. The van der Waals surface area contributed by atoms with Crippen LogP contribution in [0, 0.1) is 0 Å². The number of nitrogens with two attached hydrogens (primary N) is 1. The van der Waals surface area contributed by atoms with Gasteiger partial charge in [-0.15, -0.1) is 0 Å².